The minimum Gasteiger partial charge on any atom is -0.317 e. The van der Waals surface area contributed by atoms with Crippen molar-refractivity contribution in [2.45, 2.75) is 46.1 Å². The molecule has 0 rings (SSSR count). The third-order valence-electron chi connectivity index (χ3n) is 2.91. The van der Waals surface area contributed by atoms with Gasteiger partial charge in [0.1, 0.15) is 0 Å². The molecule has 0 aliphatic carbocycles. The van der Waals surface area contributed by atoms with Crippen LogP contribution >= 0.6 is 0 Å². The van der Waals surface area contributed by atoms with Crippen LogP contribution in [-0.4, -0.2) is 51.9 Å². The van der Waals surface area contributed by atoms with Crippen LogP contribution in [0.2, 0.25) is 0 Å². The van der Waals surface area contributed by atoms with Crippen molar-refractivity contribution in [3.05, 3.63) is 12.2 Å². The lowest BCUT2D eigenvalue weighted by Crippen LogP contribution is -2.27. The molecule has 120 valence electrons. The lowest BCUT2D eigenvalue weighted by Gasteiger charge is -2.07. The van der Waals surface area contributed by atoms with E-state index in [1.807, 2.05) is 0 Å². The van der Waals surface area contributed by atoms with Crippen molar-refractivity contribution in [2.75, 3.05) is 45.8 Å². The van der Waals surface area contributed by atoms with Crippen molar-refractivity contribution in [3.8, 4) is 0 Å². The number of nitrogens with one attached hydrogen (secondary N) is 4. The molecule has 20 heavy (non-hydrogen) atoms. The molecule has 4 heteroatoms. The van der Waals surface area contributed by atoms with Crippen molar-refractivity contribution in [1.82, 2.24) is 21.3 Å². The summed E-state index contributed by atoms with van der Waals surface area (Å²) in [5.41, 5.74) is 0. The summed E-state index contributed by atoms with van der Waals surface area (Å²) in [5.74, 6) is 0. The van der Waals surface area contributed by atoms with Gasteiger partial charge in [-0.2, -0.15) is 0 Å². The van der Waals surface area contributed by atoms with Gasteiger partial charge in [-0.1, -0.05) is 32.9 Å². The normalized spacial score (nSPS) is 11.8. The molecule has 0 aromatic heterocycles. The molecule has 4 nitrogen and oxygen atoms in total. The summed E-state index contributed by atoms with van der Waals surface area (Å²) in [4.78, 5) is 0. The molecule has 0 aliphatic rings. The second-order valence-electron chi connectivity index (χ2n) is 5.45. The van der Waals surface area contributed by atoms with Crippen LogP contribution in [-0.2, 0) is 0 Å². The second kappa shape index (κ2) is 16.6. The van der Waals surface area contributed by atoms with Crippen LogP contribution in [0.4, 0.5) is 0 Å². The summed E-state index contributed by atoms with van der Waals surface area (Å²) < 4.78 is 0. The maximum atomic E-state index is 3.42. The molecule has 0 saturated carbocycles. The Hall–Kier alpha value is -0.420. The van der Waals surface area contributed by atoms with Crippen LogP contribution in [0.3, 0.4) is 0 Å². The summed E-state index contributed by atoms with van der Waals surface area (Å²) in [6.45, 7) is 14.1. The fraction of sp³-hybridized carbons (Fsp3) is 0.875. The van der Waals surface area contributed by atoms with E-state index in [1.54, 1.807) is 0 Å². The summed E-state index contributed by atoms with van der Waals surface area (Å²) in [6, 6.07) is 0.596. The fourth-order valence-corrected chi connectivity index (χ4v) is 1.78. The van der Waals surface area contributed by atoms with Gasteiger partial charge in [0.15, 0.2) is 0 Å². The summed E-state index contributed by atoms with van der Waals surface area (Å²) in [6.07, 6.45) is 8.03. The third kappa shape index (κ3) is 17.6. The van der Waals surface area contributed by atoms with Crippen molar-refractivity contribution in [2.24, 2.45) is 0 Å². The molecule has 0 aromatic rings. The fourth-order valence-electron chi connectivity index (χ4n) is 1.78. The molecule has 4 N–H and O–H groups in total. The van der Waals surface area contributed by atoms with Gasteiger partial charge >= 0.3 is 0 Å². The van der Waals surface area contributed by atoms with E-state index in [4.69, 9.17) is 0 Å². The highest BCUT2D eigenvalue weighted by atomic mass is 14.9. The molecular weight excluding hydrogens is 248 g/mol. The minimum absolute atomic E-state index is 0.596. The molecule has 0 aromatic carbocycles. The van der Waals surface area contributed by atoms with Gasteiger partial charge in [0, 0.05) is 19.1 Å². The van der Waals surface area contributed by atoms with E-state index in [9.17, 15) is 0 Å². The lowest BCUT2D eigenvalue weighted by atomic mass is 10.3. The molecule has 0 heterocycles. The predicted molar refractivity (Wildman–Crippen MR) is 90.4 cm³/mol. The Morgan fingerprint density at radius 2 is 1.30 bits per heavy atom. The third-order valence-corrected chi connectivity index (χ3v) is 2.91. The molecule has 0 bridgehead atoms. The minimum atomic E-state index is 0.596. The zero-order valence-corrected chi connectivity index (χ0v) is 13.8. The molecular formula is C16H36N4. The van der Waals surface area contributed by atoms with Gasteiger partial charge in [-0.15, -0.1) is 0 Å². The van der Waals surface area contributed by atoms with Crippen LogP contribution in [0, 0.1) is 0 Å². The first-order chi connectivity index (χ1) is 9.77. The van der Waals surface area contributed by atoms with E-state index in [0.29, 0.717) is 6.04 Å². The molecule has 0 saturated heterocycles. The molecule has 0 radical (unpaired) electrons. The average Bonchev–Trinajstić information content (AvgIpc) is 2.43. The van der Waals surface area contributed by atoms with Crippen molar-refractivity contribution < 1.29 is 0 Å². The van der Waals surface area contributed by atoms with Crippen molar-refractivity contribution >= 4 is 0 Å². The quantitative estimate of drug-likeness (QED) is 0.272. The Kier molecular flexibility index (Phi) is 16.3. The van der Waals surface area contributed by atoms with Gasteiger partial charge in [-0.25, -0.2) is 0 Å². The highest BCUT2D eigenvalue weighted by molar-refractivity contribution is 4.85. The van der Waals surface area contributed by atoms with Crippen molar-refractivity contribution in [3.63, 3.8) is 0 Å². The molecule has 0 fully saturated rings. The second-order valence-corrected chi connectivity index (χ2v) is 5.45. The Labute approximate surface area is 126 Å². The zero-order valence-electron chi connectivity index (χ0n) is 13.8. The van der Waals surface area contributed by atoms with E-state index < -0.39 is 0 Å². The van der Waals surface area contributed by atoms with Crippen LogP contribution in [0.25, 0.3) is 0 Å². The lowest BCUT2D eigenvalue weighted by molar-refractivity contribution is 0.556. The summed E-state index contributed by atoms with van der Waals surface area (Å²) >= 11 is 0. The molecule has 0 spiro atoms. The topological polar surface area (TPSA) is 48.1 Å². The first-order valence-corrected chi connectivity index (χ1v) is 8.28. The van der Waals surface area contributed by atoms with Crippen LogP contribution < -0.4 is 21.3 Å². The van der Waals surface area contributed by atoms with E-state index in [2.05, 4.69) is 54.2 Å². The smallest absolute Gasteiger partial charge is 0.0135 e. The van der Waals surface area contributed by atoms with Crippen LogP contribution in [0.1, 0.15) is 40.0 Å². The van der Waals surface area contributed by atoms with Crippen LogP contribution in [0.5, 0.6) is 0 Å². The summed E-state index contributed by atoms with van der Waals surface area (Å²) in [5, 5.41) is 13.7. The predicted octanol–water partition coefficient (Wildman–Crippen LogP) is 1.50. The van der Waals surface area contributed by atoms with Crippen molar-refractivity contribution in [1.29, 1.82) is 0 Å². The SMILES string of the molecule is CCCNCCCNCC=CCNCCCNC(C)C. The first-order valence-electron chi connectivity index (χ1n) is 8.28. The average molecular weight is 284 g/mol. The largest absolute Gasteiger partial charge is 0.317 e. The van der Waals surface area contributed by atoms with Gasteiger partial charge in [0.25, 0.3) is 0 Å². The first kappa shape index (κ1) is 19.6. The molecule has 0 amide bonds. The highest BCUT2D eigenvalue weighted by Crippen LogP contribution is 1.80. The molecule has 0 aliphatic heterocycles. The number of hydrogen-bond acceptors (Lipinski definition) is 4. The van der Waals surface area contributed by atoms with E-state index >= 15 is 0 Å². The maximum Gasteiger partial charge on any atom is 0.0135 e. The Morgan fingerprint density at radius 3 is 1.85 bits per heavy atom. The summed E-state index contributed by atoms with van der Waals surface area (Å²) in [7, 11) is 0. The van der Waals surface area contributed by atoms with Gasteiger partial charge in [0.05, 0.1) is 0 Å². The zero-order chi connectivity index (χ0) is 14.9. The van der Waals surface area contributed by atoms with Gasteiger partial charge in [-0.05, 0) is 52.0 Å². The molecule has 0 atom stereocenters. The van der Waals surface area contributed by atoms with E-state index in [1.165, 1.54) is 19.3 Å². The highest BCUT2D eigenvalue weighted by Gasteiger charge is 1.90. The van der Waals surface area contributed by atoms with Gasteiger partial charge in [-0.3, -0.25) is 0 Å². The number of rotatable bonds is 15. The van der Waals surface area contributed by atoms with Gasteiger partial charge < -0.3 is 21.3 Å². The van der Waals surface area contributed by atoms with E-state index in [-0.39, 0.29) is 0 Å². The van der Waals surface area contributed by atoms with E-state index in [0.717, 1.165) is 45.8 Å². The Balaban J connectivity index is 3.05. The maximum absolute atomic E-state index is 3.42. The molecule has 0 unspecified atom stereocenters. The Morgan fingerprint density at radius 1 is 0.750 bits per heavy atom. The number of hydrogen-bond donors (Lipinski definition) is 4. The van der Waals surface area contributed by atoms with Gasteiger partial charge in [0.2, 0.25) is 0 Å². The monoisotopic (exact) mass is 284 g/mol. The standard InChI is InChI=1S/C16H36N4/c1-4-9-17-12-7-13-18-10-5-6-11-19-14-8-15-20-16(2)3/h5-6,16-20H,4,7-15H2,1-3H3. The van der Waals surface area contributed by atoms with Crippen LogP contribution in [0.15, 0.2) is 12.2 Å². The Bertz CT molecular complexity index is 205.